The van der Waals surface area contributed by atoms with Crippen molar-refractivity contribution in [3.8, 4) is 0 Å². The molecule has 1 aromatic heterocycles. The van der Waals surface area contributed by atoms with Crippen LogP contribution in [0.15, 0.2) is 46.8 Å². The van der Waals surface area contributed by atoms with Crippen molar-refractivity contribution in [3.63, 3.8) is 0 Å². The second-order valence-electron chi connectivity index (χ2n) is 3.06. The first-order valence-corrected chi connectivity index (χ1v) is 6.98. The van der Waals surface area contributed by atoms with Gasteiger partial charge in [0, 0.05) is 11.6 Å². The molecule has 0 aliphatic carbocycles. The third-order valence-corrected chi connectivity index (χ3v) is 4.15. The molecule has 0 saturated carbocycles. The van der Waals surface area contributed by atoms with Gasteiger partial charge in [0.1, 0.15) is 5.01 Å². The molecule has 6 heteroatoms. The van der Waals surface area contributed by atoms with Gasteiger partial charge in [-0.2, -0.15) is 0 Å². The molecule has 16 heavy (non-hydrogen) atoms. The summed E-state index contributed by atoms with van der Waals surface area (Å²) in [5.41, 5.74) is 0. The Morgan fingerprint density at radius 1 is 1.25 bits per heavy atom. The summed E-state index contributed by atoms with van der Waals surface area (Å²) in [7, 11) is -3.42. The summed E-state index contributed by atoms with van der Waals surface area (Å²) in [6.07, 6.45) is 1.65. The molecule has 0 saturated heterocycles. The molecule has 0 spiro atoms. The molecular weight excluding hydrogens is 244 g/mol. The average molecular weight is 254 g/mol. The molecule has 2 rings (SSSR count). The Balaban J connectivity index is 2.10. The monoisotopic (exact) mass is 254 g/mol. The van der Waals surface area contributed by atoms with E-state index in [1.54, 1.807) is 36.5 Å². The molecule has 0 atom stereocenters. The third kappa shape index (κ3) is 2.66. The lowest BCUT2D eigenvalue weighted by atomic mass is 10.4. The van der Waals surface area contributed by atoms with Crippen LogP contribution in [0.2, 0.25) is 0 Å². The predicted octanol–water partition coefficient (Wildman–Crippen LogP) is 1.62. The quantitative estimate of drug-likeness (QED) is 0.902. The fraction of sp³-hybridized carbons (Fsp3) is 0.100. The summed E-state index contributed by atoms with van der Waals surface area (Å²) < 4.78 is 26.1. The van der Waals surface area contributed by atoms with Crippen LogP contribution in [0.5, 0.6) is 0 Å². The van der Waals surface area contributed by atoms with Gasteiger partial charge in [0.2, 0.25) is 10.0 Å². The van der Waals surface area contributed by atoms with Crippen molar-refractivity contribution in [1.82, 2.24) is 9.71 Å². The van der Waals surface area contributed by atoms with Crippen LogP contribution in [0.4, 0.5) is 0 Å². The molecule has 0 amide bonds. The maximum Gasteiger partial charge on any atom is 0.240 e. The van der Waals surface area contributed by atoms with Crippen molar-refractivity contribution in [1.29, 1.82) is 0 Å². The van der Waals surface area contributed by atoms with Gasteiger partial charge in [0.05, 0.1) is 11.4 Å². The minimum Gasteiger partial charge on any atom is -0.248 e. The number of nitrogens with one attached hydrogen (secondary N) is 1. The zero-order valence-electron chi connectivity index (χ0n) is 8.33. The van der Waals surface area contributed by atoms with E-state index < -0.39 is 10.0 Å². The molecule has 84 valence electrons. The van der Waals surface area contributed by atoms with E-state index in [9.17, 15) is 8.42 Å². The van der Waals surface area contributed by atoms with Crippen LogP contribution in [-0.4, -0.2) is 13.4 Å². The highest BCUT2D eigenvalue weighted by molar-refractivity contribution is 7.89. The third-order valence-electron chi connectivity index (χ3n) is 1.95. The number of nitrogens with zero attached hydrogens (tertiary/aromatic N) is 1. The molecule has 1 heterocycles. The molecule has 0 radical (unpaired) electrons. The SMILES string of the molecule is O=S(=O)(NCc1nccs1)c1ccccc1. The summed E-state index contributed by atoms with van der Waals surface area (Å²) in [6, 6.07) is 8.28. The number of hydrogen-bond acceptors (Lipinski definition) is 4. The van der Waals surface area contributed by atoms with Crippen molar-refractivity contribution < 1.29 is 8.42 Å². The van der Waals surface area contributed by atoms with Crippen LogP contribution in [0.25, 0.3) is 0 Å². The minimum absolute atomic E-state index is 0.231. The van der Waals surface area contributed by atoms with Crippen LogP contribution in [0, 0.1) is 0 Å². The first-order chi connectivity index (χ1) is 7.68. The second kappa shape index (κ2) is 4.73. The maximum absolute atomic E-state index is 11.8. The molecular formula is C10H10N2O2S2. The lowest BCUT2D eigenvalue weighted by Crippen LogP contribution is -2.23. The highest BCUT2D eigenvalue weighted by Gasteiger charge is 2.12. The second-order valence-corrected chi connectivity index (χ2v) is 5.81. The first-order valence-electron chi connectivity index (χ1n) is 4.61. The largest absolute Gasteiger partial charge is 0.248 e. The van der Waals surface area contributed by atoms with Crippen LogP contribution < -0.4 is 4.72 Å². The fourth-order valence-electron chi connectivity index (χ4n) is 1.18. The van der Waals surface area contributed by atoms with Gasteiger partial charge in [0.25, 0.3) is 0 Å². The first kappa shape index (κ1) is 11.3. The Hall–Kier alpha value is -1.24. The predicted molar refractivity (Wildman–Crippen MR) is 62.6 cm³/mol. The Morgan fingerprint density at radius 2 is 2.00 bits per heavy atom. The van der Waals surface area contributed by atoms with E-state index in [4.69, 9.17) is 0 Å². The number of aromatic nitrogens is 1. The van der Waals surface area contributed by atoms with Gasteiger partial charge in [-0.1, -0.05) is 18.2 Å². The van der Waals surface area contributed by atoms with E-state index in [-0.39, 0.29) is 11.4 Å². The average Bonchev–Trinajstić information content (AvgIpc) is 2.81. The Labute approximate surface area is 98.0 Å². The number of benzene rings is 1. The summed E-state index contributed by atoms with van der Waals surface area (Å²) in [5.74, 6) is 0. The normalized spacial score (nSPS) is 11.5. The fourth-order valence-corrected chi connectivity index (χ4v) is 2.84. The molecule has 1 aromatic carbocycles. The van der Waals surface area contributed by atoms with E-state index in [1.165, 1.54) is 11.3 Å². The van der Waals surface area contributed by atoms with Crippen LogP contribution >= 0.6 is 11.3 Å². The standard InChI is InChI=1S/C10H10N2O2S2/c13-16(14,9-4-2-1-3-5-9)12-8-10-11-6-7-15-10/h1-7,12H,8H2. The van der Waals surface area contributed by atoms with Gasteiger partial charge in [-0.05, 0) is 12.1 Å². The van der Waals surface area contributed by atoms with Crippen molar-refractivity contribution >= 4 is 21.4 Å². The van der Waals surface area contributed by atoms with Gasteiger partial charge in [-0.15, -0.1) is 11.3 Å². The zero-order chi connectivity index (χ0) is 11.4. The van der Waals surface area contributed by atoms with Gasteiger partial charge < -0.3 is 0 Å². The lowest BCUT2D eigenvalue weighted by molar-refractivity contribution is 0.581. The molecule has 4 nitrogen and oxygen atoms in total. The van der Waals surface area contributed by atoms with E-state index >= 15 is 0 Å². The lowest BCUT2D eigenvalue weighted by Gasteiger charge is -2.04. The minimum atomic E-state index is -3.42. The van der Waals surface area contributed by atoms with E-state index in [0.29, 0.717) is 0 Å². The van der Waals surface area contributed by atoms with Crippen molar-refractivity contribution in [2.24, 2.45) is 0 Å². The Bertz CT molecular complexity index is 535. The smallest absolute Gasteiger partial charge is 0.240 e. The van der Waals surface area contributed by atoms with Gasteiger partial charge in [0.15, 0.2) is 0 Å². The summed E-state index contributed by atoms with van der Waals surface area (Å²) in [4.78, 5) is 4.27. The molecule has 0 bridgehead atoms. The summed E-state index contributed by atoms with van der Waals surface area (Å²) in [6.45, 7) is 0.231. The molecule has 0 aliphatic heterocycles. The van der Waals surface area contributed by atoms with Gasteiger partial charge >= 0.3 is 0 Å². The molecule has 2 aromatic rings. The highest BCUT2D eigenvalue weighted by atomic mass is 32.2. The number of rotatable bonds is 4. The van der Waals surface area contributed by atoms with Crippen LogP contribution in [-0.2, 0) is 16.6 Å². The van der Waals surface area contributed by atoms with Crippen LogP contribution in [0.1, 0.15) is 5.01 Å². The van der Waals surface area contributed by atoms with Gasteiger partial charge in [-0.25, -0.2) is 18.1 Å². The van der Waals surface area contributed by atoms with Crippen LogP contribution in [0.3, 0.4) is 0 Å². The van der Waals surface area contributed by atoms with E-state index in [1.807, 2.05) is 5.38 Å². The number of sulfonamides is 1. The molecule has 0 unspecified atom stereocenters. The number of hydrogen-bond donors (Lipinski definition) is 1. The molecule has 0 fully saturated rings. The topological polar surface area (TPSA) is 59.1 Å². The number of thiazole rings is 1. The highest BCUT2D eigenvalue weighted by Crippen LogP contribution is 2.09. The van der Waals surface area contributed by atoms with E-state index in [2.05, 4.69) is 9.71 Å². The van der Waals surface area contributed by atoms with Crippen molar-refractivity contribution in [3.05, 3.63) is 46.9 Å². The molecule has 0 aliphatic rings. The summed E-state index contributed by atoms with van der Waals surface area (Å²) in [5, 5.41) is 2.56. The van der Waals surface area contributed by atoms with E-state index in [0.717, 1.165) is 5.01 Å². The Morgan fingerprint density at radius 3 is 2.62 bits per heavy atom. The maximum atomic E-state index is 11.8. The Kier molecular flexibility index (Phi) is 3.33. The zero-order valence-corrected chi connectivity index (χ0v) is 9.96. The van der Waals surface area contributed by atoms with Gasteiger partial charge in [-0.3, -0.25) is 0 Å². The molecule has 1 N–H and O–H groups in total. The van der Waals surface area contributed by atoms with Crippen molar-refractivity contribution in [2.75, 3.05) is 0 Å². The van der Waals surface area contributed by atoms with Crippen molar-refractivity contribution in [2.45, 2.75) is 11.4 Å². The summed E-state index contributed by atoms with van der Waals surface area (Å²) >= 11 is 1.42.